The third-order valence-electron chi connectivity index (χ3n) is 1.27. The van der Waals surface area contributed by atoms with Crippen LogP contribution in [-0.4, -0.2) is 36.5 Å². The molecule has 3 amide bonds. The molecular formula is C5H9N3O2. The van der Waals surface area contributed by atoms with Crippen LogP contribution in [0.25, 0.3) is 0 Å². The Labute approximate surface area is 58.2 Å². The van der Waals surface area contributed by atoms with Crippen LogP contribution in [-0.2, 0) is 4.79 Å². The summed E-state index contributed by atoms with van der Waals surface area (Å²) in [7, 11) is 0. The van der Waals surface area contributed by atoms with E-state index in [2.05, 4.69) is 5.32 Å². The zero-order valence-electron chi connectivity index (χ0n) is 5.46. The molecule has 5 heteroatoms. The number of carbonyl (C=O) groups excluding carboxylic acids is 2. The predicted molar refractivity (Wildman–Crippen MR) is 34.2 cm³/mol. The number of urea groups is 1. The second-order valence-corrected chi connectivity index (χ2v) is 2.06. The molecule has 3 N–H and O–H groups in total. The molecule has 0 aromatic carbocycles. The SMILES string of the molecule is NCCN1CC(=O)NC1=O. The van der Waals surface area contributed by atoms with Crippen molar-refractivity contribution in [2.24, 2.45) is 5.73 Å². The minimum atomic E-state index is -0.338. The van der Waals surface area contributed by atoms with Crippen LogP contribution in [0.5, 0.6) is 0 Å². The maximum Gasteiger partial charge on any atom is 0.324 e. The van der Waals surface area contributed by atoms with Gasteiger partial charge in [-0.05, 0) is 0 Å². The summed E-state index contributed by atoms with van der Waals surface area (Å²) < 4.78 is 0. The van der Waals surface area contributed by atoms with Crippen molar-refractivity contribution in [3.8, 4) is 0 Å². The maximum absolute atomic E-state index is 10.7. The van der Waals surface area contributed by atoms with E-state index in [1.807, 2.05) is 0 Å². The fourth-order valence-electron chi connectivity index (χ4n) is 0.819. The normalized spacial score (nSPS) is 17.9. The van der Waals surface area contributed by atoms with Crippen molar-refractivity contribution < 1.29 is 9.59 Å². The molecule has 10 heavy (non-hydrogen) atoms. The molecule has 0 aliphatic carbocycles. The van der Waals surface area contributed by atoms with Crippen LogP contribution in [0.1, 0.15) is 0 Å². The quantitative estimate of drug-likeness (QED) is 0.462. The van der Waals surface area contributed by atoms with E-state index in [0.29, 0.717) is 13.1 Å². The Morgan fingerprint density at radius 1 is 1.60 bits per heavy atom. The molecule has 0 unspecified atom stereocenters. The van der Waals surface area contributed by atoms with E-state index in [0.717, 1.165) is 0 Å². The highest BCUT2D eigenvalue weighted by Crippen LogP contribution is 1.95. The fraction of sp³-hybridized carbons (Fsp3) is 0.600. The van der Waals surface area contributed by atoms with Crippen molar-refractivity contribution in [1.82, 2.24) is 10.2 Å². The van der Waals surface area contributed by atoms with Gasteiger partial charge in [-0.15, -0.1) is 0 Å². The molecule has 0 atom stereocenters. The molecule has 0 bridgehead atoms. The molecule has 0 aromatic rings. The van der Waals surface area contributed by atoms with Crippen molar-refractivity contribution in [3.05, 3.63) is 0 Å². The van der Waals surface area contributed by atoms with Gasteiger partial charge in [-0.1, -0.05) is 0 Å². The highest BCUT2D eigenvalue weighted by molar-refractivity contribution is 6.01. The summed E-state index contributed by atoms with van der Waals surface area (Å²) in [6.45, 7) is 0.980. The Balaban J connectivity index is 2.46. The van der Waals surface area contributed by atoms with Gasteiger partial charge in [0.05, 0.1) is 0 Å². The van der Waals surface area contributed by atoms with Gasteiger partial charge >= 0.3 is 6.03 Å². The van der Waals surface area contributed by atoms with Gasteiger partial charge in [0, 0.05) is 13.1 Å². The monoisotopic (exact) mass is 143 g/mol. The minimum Gasteiger partial charge on any atom is -0.329 e. The first-order valence-corrected chi connectivity index (χ1v) is 3.03. The van der Waals surface area contributed by atoms with Gasteiger partial charge in [0.15, 0.2) is 0 Å². The van der Waals surface area contributed by atoms with Crippen molar-refractivity contribution in [3.63, 3.8) is 0 Å². The van der Waals surface area contributed by atoms with E-state index in [1.165, 1.54) is 4.90 Å². The lowest BCUT2D eigenvalue weighted by Gasteiger charge is -2.09. The lowest BCUT2D eigenvalue weighted by Crippen LogP contribution is -2.32. The van der Waals surface area contributed by atoms with Gasteiger partial charge in [-0.3, -0.25) is 10.1 Å². The number of hydrogen-bond donors (Lipinski definition) is 2. The van der Waals surface area contributed by atoms with E-state index in [1.54, 1.807) is 0 Å². The molecule has 5 nitrogen and oxygen atoms in total. The Hall–Kier alpha value is -1.10. The second kappa shape index (κ2) is 2.66. The van der Waals surface area contributed by atoms with Gasteiger partial charge < -0.3 is 10.6 Å². The van der Waals surface area contributed by atoms with Crippen molar-refractivity contribution in [2.75, 3.05) is 19.6 Å². The first-order valence-electron chi connectivity index (χ1n) is 3.03. The molecule has 0 saturated carbocycles. The first-order chi connectivity index (χ1) is 4.74. The van der Waals surface area contributed by atoms with Crippen LogP contribution in [0, 0.1) is 0 Å². The number of rotatable bonds is 2. The maximum atomic E-state index is 10.7. The van der Waals surface area contributed by atoms with Crippen molar-refractivity contribution in [1.29, 1.82) is 0 Å². The Kier molecular flexibility index (Phi) is 1.86. The van der Waals surface area contributed by atoms with Crippen LogP contribution < -0.4 is 11.1 Å². The third-order valence-corrected chi connectivity index (χ3v) is 1.27. The standard InChI is InChI=1S/C5H9N3O2/c6-1-2-8-3-4(9)7-5(8)10/h1-3,6H2,(H,7,9,10). The van der Waals surface area contributed by atoms with Crippen LogP contribution in [0.2, 0.25) is 0 Å². The second-order valence-electron chi connectivity index (χ2n) is 2.06. The van der Waals surface area contributed by atoms with Crippen LogP contribution in [0.15, 0.2) is 0 Å². The van der Waals surface area contributed by atoms with Gasteiger partial charge in [0.2, 0.25) is 5.91 Å². The number of nitrogens with two attached hydrogens (primary N) is 1. The summed E-state index contributed by atoms with van der Waals surface area (Å²) >= 11 is 0. The molecule has 1 heterocycles. The molecule has 1 fully saturated rings. The van der Waals surface area contributed by atoms with Crippen molar-refractivity contribution in [2.45, 2.75) is 0 Å². The zero-order valence-corrected chi connectivity index (χ0v) is 5.46. The third kappa shape index (κ3) is 1.24. The van der Waals surface area contributed by atoms with Crippen LogP contribution in [0.3, 0.4) is 0 Å². The van der Waals surface area contributed by atoms with E-state index in [9.17, 15) is 9.59 Å². The summed E-state index contributed by atoms with van der Waals surface area (Å²) in [5.41, 5.74) is 5.18. The van der Waals surface area contributed by atoms with E-state index < -0.39 is 0 Å². The number of nitrogens with one attached hydrogen (secondary N) is 1. The van der Waals surface area contributed by atoms with Gasteiger partial charge in [0.25, 0.3) is 0 Å². The molecule has 1 rings (SSSR count). The van der Waals surface area contributed by atoms with E-state index in [-0.39, 0.29) is 18.5 Å². The summed E-state index contributed by atoms with van der Waals surface area (Å²) in [6.07, 6.45) is 0. The Morgan fingerprint density at radius 3 is 2.70 bits per heavy atom. The average molecular weight is 143 g/mol. The number of imide groups is 1. The van der Waals surface area contributed by atoms with Crippen LogP contribution in [0.4, 0.5) is 4.79 Å². The first kappa shape index (κ1) is 7.01. The Morgan fingerprint density at radius 2 is 2.30 bits per heavy atom. The predicted octanol–water partition coefficient (Wildman–Crippen LogP) is -1.50. The number of hydrogen-bond acceptors (Lipinski definition) is 3. The molecule has 0 aromatic heterocycles. The van der Waals surface area contributed by atoms with Gasteiger partial charge in [-0.2, -0.15) is 0 Å². The summed E-state index contributed by atoms with van der Waals surface area (Å²) in [4.78, 5) is 22.6. The molecule has 56 valence electrons. The molecule has 1 saturated heterocycles. The number of nitrogens with zero attached hydrogens (tertiary/aromatic N) is 1. The molecule has 1 aliphatic rings. The highest BCUT2D eigenvalue weighted by Gasteiger charge is 2.25. The van der Waals surface area contributed by atoms with Crippen molar-refractivity contribution >= 4 is 11.9 Å². The molecule has 1 aliphatic heterocycles. The smallest absolute Gasteiger partial charge is 0.324 e. The van der Waals surface area contributed by atoms with Gasteiger partial charge in [0.1, 0.15) is 6.54 Å². The van der Waals surface area contributed by atoms with E-state index >= 15 is 0 Å². The number of carbonyl (C=O) groups is 2. The van der Waals surface area contributed by atoms with Crippen LogP contribution >= 0.6 is 0 Å². The zero-order chi connectivity index (χ0) is 7.56. The largest absolute Gasteiger partial charge is 0.329 e. The molecule has 0 spiro atoms. The Bertz CT molecular complexity index is 168. The lowest BCUT2D eigenvalue weighted by molar-refractivity contribution is -0.118. The summed E-state index contributed by atoms with van der Waals surface area (Å²) in [6, 6.07) is -0.338. The fourth-order valence-corrected chi connectivity index (χ4v) is 0.819. The summed E-state index contributed by atoms with van der Waals surface area (Å²) in [5, 5.41) is 2.14. The topological polar surface area (TPSA) is 75.4 Å². The average Bonchev–Trinajstić information content (AvgIpc) is 2.13. The lowest BCUT2D eigenvalue weighted by atomic mass is 10.5. The highest BCUT2D eigenvalue weighted by atomic mass is 16.2. The van der Waals surface area contributed by atoms with E-state index in [4.69, 9.17) is 5.73 Å². The molecule has 0 radical (unpaired) electrons. The molecular weight excluding hydrogens is 134 g/mol. The number of amides is 3. The minimum absolute atomic E-state index is 0.149. The van der Waals surface area contributed by atoms with Gasteiger partial charge in [-0.25, -0.2) is 4.79 Å². The summed E-state index contributed by atoms with van der Waals surface area (Å²) in [5.74, 6) is -0.251.